The summed E-state index contributed by atoms with van der Waals surface area (Å²) in [7, 11) is 0. The number of nitrogens with zero attached hydrogens (tertiary/aromatic N) is 1. The number of carbonyl (C=O) groups is 1. The summed E-state index contributed by atoms with van der Waals surface area (Å²) >= 11 is 5.85. The number of aromatic nitrogens is 2. The lowest BCUT2D eigenvalue weighted by Gasteiger charge is -2.05. The number of nitrogens with one attached hydrogen (secondary N) is 2. The third-order valence-electron chi connectivity index (χ3n) is 4.10. The first-order valence-electron chi connectivity index (χ1n) is 7.87. The van der Waals surface area contributed by atoms with E-state index in [4.69, 9.17) is 16.3 Å². The van der Waals surface area contributed by atoms with Crippen molar-refractivity contribution in [1.82, 2.24) is 9.97 Å². The number of halogens is 1. The van der Waals surface area contributed by atoms with Gasteiger partial charge in [-0.2, -0.15) is 0 Å². The summed E-state index contributed by atoms with van der Waals surface area (Å²) in [6.45, 7) is 0.782. The second kappa shape index (κ2) is 6.26. The number of aromatic amines is 1. The highest BCUT2D eigenvalue weighted by molar-refractivity contribution is 6.30. The van der Waals surface area contributed by atoms with E-state index in [1.165, 1.54) is 0 Å². The van der Waals surface area contributed by atoms with Gasteiger partial charge in [0.05, 0.1) is 11.0 Å². The highest BCUT2D eigenvalue weighted by atomic mass is 35.5. The molecule has 2 heterocycles. The van der Waals surface area contributed by atoms with Crippen molar-refractivity contribution in [2.45, 2.75) is 18.9 Å². The highest BCUT2D eigenvalue weighted by Crippen LogP contribution is 2.28. The van der Waals surface area contributed by atoms with Gasteiger partial charge in [0, 0.05) is 22.9 Å². The van der Waals surface area contributed by atoms with E-state index < -0.39 is 0 Å². The van der Waals surface area contributed by atoms with Gasteiger partial charge in [0.1, 0.15) is 11.9 Å². The monoisotopic (exact) mass is 341 g/mol. The molecule has 1 atom stereocenters. The number of rotatable bonds is 3. The van der Waals surface area contributed by atoms with Gasteiger partial charge in [-0.05, 0) is 55.3 Å². The minimum Gasteiger partial charge on any atom is -0.370 e. The van der Waals surface area contributed by atoms with Crippen LogP contribution in [0.3, 0.4) is 0 Å². The lowest BCUT2D eigenvalue weighted by atomic mass is 10.2. The predicted octanol–water partition coefficient (Wildman–Crippen LogP) is 4.32. The van der Waals surface area contributed by atoms with Crippen molar-refractivity contribution in [3.8, 4) is 0 Å². The maximum atomic E-state index is 12.3. The molecule has 3 aromatic rings. The Morgan fingerprint density at radius 3 is 2.83 bits per heavy atom. The maximum absolute atomic E-state index is 12.3. The van der Waals surface area contributed by atoms with Crippen molar-refractivity contribution in [1.29, 1.82) is 0 Å². The minimum atomic E-state index is -0.176. The zero-order valence-corrected chi connectivity index (χ0v) is 13.6. The summed E-state index contributed by atoms with van der Waals surface area (Å²) < 4.78 is 5.66. The first kappa shape index (κ1) is 15.2. The number of ether oxygens (including phenoxy) is 1. The molecule has 0 bridgehead atoms. The zero-order valence-electron chi connectivity index (χ0n) is 12.9. The van der Waals surface area contributed by atoms with Crippen LogP contribution in [0.1, 0.15) is 35.1 Å². The second-order valence-corrected chi connectivity index (χ2v) is 6.25. The number of carbonyl (C=O) groups excluding carboxylic acids is 1. The molecule has 0 radical (unpaired) electrons. The molecule has 1 amide bonds. The number of amides is 1. The molecular formula is C18H16ClN3O2. The van der Waals surface area contributed by atoms with Crippen LogP contribution in [-0.2, 0) is 4.74 Å². The van der Waals surface area contributed by atoms with Crippen LogP contribution in [0, 0.1) is 0 Å². The molecule has 6 heteroatoms. The van der Waals surface area contributed by atoms with Gasteiger partial charge in [-0.25, -0.2) is 4.98 Å². The molecule has 0 saturated carbocycles. The van der Waals surface area contributed by atoms with E-state index in [2.05, 4.69) is 15.3 Å². The summed E-state index contributed by atoms with van der Waals surface area (Å²) in [6, 6.07) is 12.4. The highest BCUT2D eigenvalue weighted by Gasteiger charge is 2.21. The average Bonchev–Trinajstić information content (AvgIpc) is 3.24. The molecule has 1 fully saturated rings. The van der Waals surface area contributed by atoms with Crippen molar-refractivity contribution < 1.29 is 9.53 Å². The van der Waals surface area contributed by atoms with Gasteiger partial charge in [0.25, 0.3) is 5.91 Å². The van der Waals surface area contributed by atoms with Gasteiger partial charge in [0.2, 0.25) is 0 Å². The Hall–Kier alpha value is -2.37. The molecule has 24 heavy (non-hydrogen) atoms. The summed E-state index contributed by atoms with van der Waals surface area (Å²) in [5.74, 6) is 0.675. The van der Waals surface area contributed by atoms with Crippen LogP contribution in [-0.4, -0.2) is 22.5 Å². The number of fused-ring (bicyclic) bond motifs is 1. The minimum absolute atomic E-state index is 0.0458. The van der Waals surface area contributed by atoms with Crippen molar-refractivity contribution >= 4 is 34.2 Å². The van der Waals surface area contributed by atoms with Gasteiger partial charge in [-0.1, -0.05) is 11.6 Å². The number of hydrogen-bond acceptors (Lipinski definition) is 3. The summed E-state index contributed by atoms with van der Waals surface area (Å²) in [5, 5.41) is 3.49. The van der Waals surface area contributed by atoms with Crippen LogP contribution in [0.4, 0.5) is 5.69 Å². The summed E-state index contributed by atoms with van der Waals surface area (Å²) in [5.41, 5.74) is 3.02. The Kier molecular flexibility index (Phi) is 3.96. The van der Waals surface area contributed by atoms with E-state index in [0.29, 0.717) is 16.3 Å². The quantitative estimate of drug-likeness (QED) is 0.745. The molecule has 1 aliphatic rings. The fraction of sp³-hybridized carbons (Fsp3) is 0.222. The Morgan fingerprint density at radius 1 is 1.25 bits per heavy atom. The first-order valence-corrected chi connectivity index (χ1v) is 8.25. The van der Waals surface area contributed by atoms with Gasteiger partial charge in [0.15, 0.2) is 0 Å². The number of benzene rings is 2. The maximum Gasteiger partial charge on any atom is 0.255 e. The first-order chi connectivity index (χ1) is 11.7. The third kappa shape index (κ3) is 3.00. The molecule has 122 valence electrons. The van der Waals surface area contributed by atoms with E-state index in [0.717, 1.165) is 36.3 Å². The lowest BCUT2D eigenvalue weighted by molar-refractivity contribution is 0.102. The van der Waals surface area contributed by atoms with E-state index >= 15 is 0 Å². The molecular weight excluding hydrogens is 326 g/mol. The molecule has 1 aromatic heterocycles. The standard InChI is InChI=1S/C18H16ClN3O2/c19-12-5-3-11(4-6-12)18(23)20-13-7-8-14-15(10-13)22-17(21-14)16-2-1-9-24-16/h3-8,10,16H,1-2,9H2,(H,20,23)(H,21,22). The molecule has 1 saturated heterocycles. The van der Waals surface area contributed by atoms with Crippen molar-refractivity contribution in [2.24, 2.45) is 0 Å². The summed E-state index contributed by atoms with van der Waals surface area (Å²) in [4.78, 5) is 20.1. The Labute approximate surface area is 144 Å². The third-order valence-corrected chi connectivity index (χ3v) is 4.35. The fourth-order valence-electron chi connectivity index (χ4n) is 2.86. The van der Waals surface area contributed by atoms with Gasteiger partial charge < -0.3 is 15.0 Å². The lowest BCUT2D eigenvalue weighted by Crippen LogP contribution is -2.11. The molecule has 2 aromatic carbocycles. The molecule has 0 spiro atoms. The van der Waals surface area contributed by atoms with Crippen LogP contribution >= 0.6 is 11.6 Å². The number of H-pyrrole nitrogens is 1. The Balaban J connectivity index is 1.55. The van der Waals surface area contributed by atoms with Crippen molar-refractivity contribution in [3.63, 3.8) is 0 Å². The van der Waals surface area contributed by atoms with E-state index in [1.54, 1.807) is 24.3 Å². The molecule has 1 aliphatic heterocycles. The van der Waals surface area contributed by atoms with Gasteiger partial charge in [-0.3, -0.25) is 4.79 Å². The average molecular weight is 342 g/mol. The molecule has 1 unspecified atom stereocenters. The van der Waals surface area contributed by atoms with Gasteiger partial charge in [-0.15, -0.1) is 0 Å². The molecule has 0 aliphatic carbocycles. The number of imidazole rings is 1. The van der Waals surface area contributed by atoms with E-state index in [1.807, 2.05) is 18.2 Å². The van der Waals surface area contributed by atoms with Crippen LogP contribution in [0.5, 0.6) is 0 Å². The SMILES string of the molecule is O=C(Nc1ccc2nc(C3CCCO3)[nH]c2c1)c1ccc(Cl)cc1. The molecule has 4 rings (SSSR count). The topological polar surface area (TPSA) is 67.0 Å². The normalized spacial score (nSPS) is 17.3. The van der Waals surface area contributed by atoms with E-state index in [-0.39, 0.29) is 12.0 Å². The largest absolute Gasteiger partial charge is 0.370 e. The molecule has 2 N–H and O–H groups in total. The van der Waals surface area contributed by atoms with Crippen LogP contribution in [0.2, 0.25) is 5.02 Å². The molecule has 5 nitrogen and oxygen atoms in total. The Morgan fingerprint density at radius 2 is 2.08 bits per heavy atom. The second-order valence-electron chi connectivity index (χ2n) is 5.82. The number of anilines is 1. The fourth-order valence-corrected chi connectivity index (χ4v) is 2.98. The Bertz CT molecular complexity index is 883. The smallest absolute Gasteiger partial charge is 0.255 e. The van der Waals surface area contributed by atoms with Gasteiger partial charge >= 0.3 is 0 Å². The van der Waals surface area contributed by atoms with Crippen LogP contribution < -0.4 is 5.32 Å². The van der Waals surface area contributed by atoms with Crippen LogP contribution in [0.25, 0.3) is 11.0 Å². The van der Waals surface area contributed by atoms with Crippen molar-refractivity contribution in [2.75, 3.05) is 11.9 Å². The van der Waals surface area contributed by atoms with Crippen LogP contribution in [0.15, 0.2) is 42.5 Å². The van der Waals surface area contributed by atoms with E-state index in [9.17, 15) is 4.79 Å². The predicted molar refractivity (Wildman–Crippen MR) is 93.4 cm³/mol. The summed E-state index contributed by atoms with van der Waals surface area (Å²) in [6.07, 6.45) is 2.09. The zero-order chi connectivity index (χ0) is 16.5. The van der Waals surface area contributed by atoms with Crippen molar-refractivity contribution in [3.05, 3.63) is 58.9 Å². The number of hydrogen-bond donors (Lipinski definition) is 2.